The van der Waals surface area contributed by atoms with Crippen molar-refractivity contribution in [1.82, 2.24) is 9.78 Å². The van der Waals surface area contributed by atoms with Crippen LogP contribution in [0.5, 0.6) is 0 Å². The van der Waals surface area contributed by atoms with E-state index in [0.29, 0.717) is 31.4 Å². The Kier molecular flexibility index (Phi) is 4.94. The quantitative estimate of drug-likeness (QED) is 0.520. The summed E-state index contributed by atoms with van der Waals surface area (Å²) in [5.74, 6) is -1.96. The van der Waals surface area contributed by atoms with Crippen LogP contribution < -0.4 is 0 Å². The van der Waals surface area contributed by atoms with Gasteiger partial charge in [0.05, 0.1) is 17.4 Å². The third-order valence-electron chi connectivity index (χ3n) is 7.76. The van der Waals surface area contributed by atoms with Crippen LogP contribution in [0.2, 0.25) is 0 Å². The molecule has 33 heavy (non-hydrogen) atoms. The molecule has 4 nitrogen and oxygen atoms in total. The first kappa shape index (κ1) is 22.1. The topological polar surface area (TPSA) is 55.1 Å². The van der Waals surface area contributed by atoms with Crippen molar-refractivity contribution in [3.05, 3.63) is 59.5 Å². The number of Topliss-reactive ketones (excluding diaryl/α,β-unsaturated/α-hetero) is 1. The van der Waals surface area contributed by atoms with Crippen LogP contribution in [0.15, 0.2) is 42.6 Å². The molecule has 2 aliphatic carbocycles. The predicted molar refractivity (Wildman–Crippen MR) is 115 cm³/mol. The van der Waals surface area contributed by atoms with E-state index >= 15 is 0 Å². The number of aromatic nitrogens is 2. The van der Waals surface area contributed by atoms with Crippen LogP contribution in [0.4, 0.5) is 17.6 Å². The molecule has 0 bridgehead atoms. The van der Waals surface area contributed by atoms with Crippen LogP contribution in [-0.4, -0.2) is 32.4 Å². The molecule has 0 saturated heterocycles. The Morgan fingerprint density at radius 3 is 2.61 bits per heavy atom. The van der Waals surface area contributed by atoms with Crippen molar-refractivity contribution in [3.8, 4) is 5.69 Å². The number of benzene rings is 2. The third kappa shape index (κ3) is 3.21. The van der Waals surface area contributed by atoms with Gasteiger partial charge in [-0.3, -0.25) is 4.79 Å². The summed E-state index contributed by atoms with van der Waals surface area (Å²) in [5.41, 5.74) is -0.646. The number of hydrogen-bond acceptors (Lipinski definition) is 3. The van der Waals surface area contributed by atoms with Crippen LogP contribution in [0.3, 0.4) is 0 Å². The summed E-state index contributed by atoms with van der Waals surface area (Å²) < 4.78 is 56.0. The summed E-state index contributed by atoms with van der Waals surface area (Å²) in [5, 5.41) is 15.6. The molecule has 8 heteroatoms. The molecule has 2 aliphatic rings. The predicted octanol–water partition coefficient (Wildman–Crippen LogP) is 5.42. The van der Waals surface area contributed by atoms with Crippen LogP contribution in [-0.2, 0) is 16.6 Å². The zero-order chi connectivity index (χ0) is 23.6. The number of ketones is 1. The maximum absolute atomic E-state index is 13.7. The van der Waals surface area contributed by atoms with Gasteiger partial charge in [0.1, 0.15) is 5.82 Å². The smallest absolute Gasteiger partial charge is 0.374 e. The lowest BCUT2D eigenvalue weighted by Gasteiger charge is -2.49. The Morgan fingerprint density at radius 2 is 1.94 bits per heavy atom. The maximum atomic E-state index is 13.7. The van der Waals surface area contributed by atoms with E-state index in [9.17, 15) is 27.5 Å². The van der Waals surface area contributed by atoms with Gasteiger partial charge in [-0.05, 0) is 85.5 Å². The average Bonchev–Trinajstić information content (AvgIpc) is 3.11. The fourth-order valence-electron chi connectivity index (χ4n) is 5.93. The van der Waals surface area contributed by atoms with Crippen LogP contribution in [0, 0.1) is 11.7 Å². The van der Waals surface area contributed by atoms with Gasteiger partial charge >= 0.3 is 6.18 Å². The van der Waals surface area contributed by atoms with E-state index in [1.165, 1.54) is 12.1 Å². The lowest BCUT2D eigenvalue weighted by molar-refractivity contribution is -0.263. The van der Waals surface area contributed by atoms with Crippen molar-refractivity contribution in [2.75, 3.05) is 0 Å². The Bertz CT molecular complexity index is 1230. The Labute approximate surface area is 188 Å². The second-order valence-electron chi connectivity index (χ2n) is 9.36. The van der Waals surface area contributed by atoms with E-state index in [4.69, 9.17) is 0 Å². The van der Waals surface area contributed by atoms with E-state index in [1.54, 1.807) is 23.0 Å². The Morgan fingerprint density at radius 1 is 1.21 bits per heavy atom. The minimum absolute atomic E-state index is 0.339. The number of aryl methyl sites for hydroxylation is 1. The van der Waals surface area contributed by atoms with Gasteiger partial charge in [0.25, 0.3) is 0 Å². The summed E-state index contributed by atoms with van der Waals surface area (Å²) >= 11 is 0. The van der Waals surface area contributed by atoms with Crippen molar-refractivity contribution >= 4 is 16.7 Å². The SMILES string of the molecule is CC[C@]12CC(=O)[C@@](O)(C(F)(F)F)C[C@@H]1CCCc1cc3c(cnn3-c3ccc(F)cc3)cc12. The molecule has 3 aromatic rings. The molecule has 174 valence electrons. The highest BCUT2D eigenvalue weighted by atomic mass is 19.4. The highest BCUT2D eigenvalue weighted by Crippen LogP contribution is 2.55. The van der Waals surface area contributed by atoms with Gasteiger partial charge in [0.15, 0.2) is 5.78 Å². The summed E-state index contributed by atoms with van der Waals surface area (Å²) in [6.45, 7) is 1.90. The highest BCUT2D eigenvalue weighted by Gasteiger charge is 2.65. The van der Waals surface area contributed by atoms with Gasteiger partial charge in [-0.25, -0.2) is 9.07 Å². The summed E-state index contributed by atoms with van der Waals surface area (Å²) in [6.07, 6.45) is -1.91. The van der Waals surface area contributed by atoms with E-state index in [1.807, 2.05) is 19.1 Å². The van der Waals surface area contributed by atoms with Gasteiger partial charge in [0, 0.05) is 17.2 Å². The van der Waals surface area contributed by atoms with Crippen LogP contribution in [0.25, 0.3) is 16.6 Å². The first-order valence-corrected chi connectivity index (χ1v) is 11.2. The largest absolute Gasteiger partial charge is 0.424 e. The summed E-state index contributed by atoms with van der Waals surface area (Å²) in [4.78, 5) is 12.8. The molecule has 1 fully saturated rings. The first-order valence-electron chi connectivity index (χ1n) is 11.2. The number of fused-ring (bicyclic) bond motifs is 4. The van der Waals surface area contributed by atoms with E-state index < -0.39 is 35.3 Å². The minimum Gasteiger partial charge on any atom is -0.374 e. The summed E-state index contributed by atoms with van der Waals surface area (Å²) in [7, 11) is 0. The normalized spacial score (nSPS) is 27.8. The van der Waals surface area contributed by atoms with Gasteiger partial charge in [0.2, 0.25) is 5.60 Å². The fourth-order valence-corrected chi connectivity index (χ4v) is 5.93. The maximum Gasteiger partial charge on any atom is 0.424 e. The molecule has 0 amide bonds. The molecule has 1 heterocycles. The molecular weight excluding hydrogens is 436 g/mol. The first-order chi connectivity index (χ1) is 15.6. The number of alkyl halides is 3. The molecule has 0 radical (unpaired) electrons. The zero-order valence-electron chi connectivity index (χ0n) is 18.1. The molecule has 0 aliphatic heterocycles. The Hall–Kier alpha value is -2.74. The van der Waals surface area contributed by atoms with Crippen molar-refractivity contribution < 1.29 is 27.5 Å². The van der Waals surface area contributed by atoms with Gasteiger partial charge in [-0.2, -0.15) is 18.3 Å². The van der Waals surface area contributed by atoms with Gasteiger partial charge in [-0.1, -0.05) is 6.92 Å². The molecule has 1 aromatic heterocycles. The number of rotatable bonds is 2. The monoisotopic (exact) mass is 460 g/mol. The molecule has 5 rings (SSSR count). The fraction of sp³-hybridized carbons (Fsp3) is 0.440. The van der Waals surface area contributed by atoms with Crippen molar-refractivity contribution in [1.29, 1.82) is 0 Å². The molecule has 1 saturated carbocycles. The standard InChI is InChI=1S/C25H24F4N2O2/c1-2-23-13-22(32)24(33,25(27,28)29)12-17(23)5-3-4-15-11-21-16(10-20(15)23)14-30-31(21)19-8-6-18(26)7-9-19/h6-11,14,17,33H,2-5,12-13H2,1H3/t17-,23-,24+/m0/s1. The van der Waals surface area contributed by atoms with E-state index in [-0.39, 0.29) is 12.2 Å². The number of nitrogens with zero attached hydrogens (tertiary/aromatic N) is 2. The zero-order valence-corrected chi connectivity index (χ0v) is 18.1. The molecule has 0 spiro atoms. The molecule has 2 aromatic carbocycles. The van der Waals surface area contributed by atoms with Gasteiger partial charge < -0.3 is 5.11 Å². The molecule has 3 atom stereocenters. The van der Waals surface area contributed by atoms with Crippen molar-refractivity contribution in [2.24, 2.45) is 5.92 Å². The second-order valence-corrected chi connectivity index (χ2v) is 9.36. The molecular formula is C25H24F4N2O2. The number of aliphatic hydroxyl groups is 1. The van der Waals surface area contributed by atoms with E-state index in [0.717, 1.165) is 22.0 Å². The average molecular weight is 460 g/mol. The van der Waals surface area contributed by atoms with E-state index in [2.05, 4.69) is 5.10 Å². The molecule has 1 N–H and O–H groups in total. The van der Waals surface area contributed by atoms with Crippen molar-refractivity contribution in [3.63, 3.8) is 0 Å². The Balaban J connectivity index is 1.64. The lowest BCUT2D eigenvalue weighted by atomic mass is 9.56. The summed E-state index contributed by atoms with van der Waals surface area (Å²) in [6, 6.07) is 9.93. The highest BCUT2D eigenvalue weighted by molar-refractivity contribution is 5.91. The van der Waals surface area contributed by atoms with Crippen LogP contribution >= 0.6 is 0 Å². The molecule has 0 unspecified atom stereocenters. The second kappa shape index (κ2) is 7.38. The number of carbonyl (C=O) groups is 1. The number of hydrogen-bond donors (Lipinski definition) is 1. The lowest BCUT2D eigenvalue weighted by Crippen LogP contribution is -2.60. The third-order valence-corrected chi connectivity index (χ3v) is 7.76. The van der Waals surface area contributed by atoms with Gasteiger partial charge in [-0.15, -0.1) is 0 Å². The van der Waals surface area contributed by atoms with Crippen LogP contribution in [0.1, 0.15) is 50.2 Å². The minimum atomic E-state index is -4.99. The van der Waals surface area contributed by atoms with Crippen molar-refractivity contribution in [2.45, 2.75) is 62.6 Å². The number of carbonyl (C=O) groups excluding carboxylic acids is 1. The number of halogens is 4.